The van der Waals surface area contributed by atoms with Crippen LogP contribution in [0.1, 0.15) is 26.3 Å². The lowest BCUT2D eigenvalue weighted by Gasteiger charge is -2.19. The molecule has 0 radical (unpaired) electrons. The summed E-state index contributed by atoms with van der Waals surface area (Å²) in [6, 6.07) is 8.39. The molecule has 0 aliphatic heterocycles. The van der Waals surface area contributed by atoms with Gasteiger partial charge in [-0.1, -0.05) is 13.8 Å². The van der Waals surface area contributed by atoms with Crippen LogP contribution in [0.25, 0.3) is 0 Å². The van der Waals surface area contributed by atoms with Crippen LogP contribution in [0, 0.1) is 17.2 Å². The van der Waals surface area contributed by atoms with Crippen molar-refractivity contribution < 1.29 is 9.53 Å². The zero-order valence-corrected chi connectivity index (χ0v) is 13.3. The van der Waals surface area contributed by atoms with E-state index in [4.69, 9.17) is 15.7 Å². The molecule has 0 aliphatic rings. The van der Waals surface area contributed by atoms with Gasteiger partial charge in [0.2, 0.25) is 5.91 Å². The van der Waals surface area contributed by atoms with Gasteiger partial charge in [-0.15, -0.1) is 12.4 Å². The molecule has 116 valence electrons. The number of nitrogens with one attached hydrogen (secondary N) is 1. The monoisotopic (exact) mass is 311 g/mol. The highest BCUT2D eigenvalue weighted by atomic mass is 35.5. The number of rotatable bonds is 6. The van der Waals surface area contributed by atoms with Crippen LogP contribution >= 0.6 is 12.4 Å². The third-order valence-corrected chi connectivity index (χ3v) is 2.91. The first kappa shape index (κ1) is 19.2. The highest BCUT2D eigenvalue weighted by Gasteiger charge is 2.17. The number of benzene rings is 1. The van der Waals surface area contributed by atoms with E-state index >= 15 is 0 Å². The standard InChI is InChI=1S/C15H21N3O2.ClH/c1-10(2)14(17)15(19)18-9-11(3)20-13-6-4-12(8-16)5-7-13;/h4-7,10-11,14H,9,17H2,1-3H3,(H,18,19);1H/t11?,14-;/m0./s1. The Morgan fingerprint density at radius 1 is 1.33 bits per heavy atom. The molecule has 1 unspecified atom stereocenters. The normalized spacial score (nSPS) is 12.8. The van der Waals surface area contributed by atoms with Gasteiger partial charge in [0.05, 0.1) is 24.2 Å². The third-order valence-electron chi connectivity index (χ3n) is 2.91. The van der Waals surface area contributed by atoms with E-state index in [-0.39, 0.29) is 30.3 Å². The average Bonchev–Trinajstić information content (AvgIpc) is 2.44. The van der Waals surface area contributed by atoms with Crippen molar-refractivity contribution in [3.05, 3.63) is 29.8 Å². The molecule has 5 nitrogen and oxygen atoms in total. The Kier molecular flexibility index (Phi) is 8.44. The number of nitrogens with two attached hydrogens (primary N) is 1. The molecule has 0 heterocycles. The van der Waals surface area contributed by atoms with Crippen molar-refractivity contribution in [2.45, 2.75) is 32.9 Å². The molecular weight excluding hydrogens is 290 g/mol. The summed E-state index contributed by atoms with van der Waals surface area (Å²) >= 11 is 0. The van der Waals surface area contributed by atoms with Crippen molar-refractivity contribution in [1.29, 1.82) is 5.26 Å². The van der Waals surface area contributed by atoms with Gasteiger partial charge in [-0.25, -0.2) is 0 Å². The largest absolute Gasteiger partial charge is 0.489 e. The molecule has 1 amide bonds. The SMILES string of the molecule is CC(CNC(=O)[C@@H](N)C(C)C)Oc1ccc(C#N)cc1.Cl. The fourth-order valence-corrected chi connectivity index (χ4v) is 1.55. The summed E-state index contributed by atoms with van der Waals surface area (Å²) in [5.74, 6) is 0.596. The number of amides is 1. The number of ether oxygens (including phenoxy) is 1. The molecule has 21 heavy (non-hydrogen) atoms. The maximum atomic E-state index is 11.7. The first-order valence-electron chi connectivity index (χ1n) is 6.64. The van der Waals surface area contributed by atoms with Gasteiger partial charge in [-0.05, 0) is 37.1 Å². The van der Waals surface area contributed by atoms with Crippen molar-refractivity contribution in [3.8, 4) is 11.8 Å². The average molecular weight is 312 g/mol. The maximum Gasteiger partial charge on any atom is 0.237 e. The van der Waals surface area contributed by atoms with Crippen LogP contribution in [0.5, 0.6) is 5.75 Å². The zero-order valence-electron chi connectivity index (χ0n) is 12.5. The van der Waals surface area contributed by atoms with Crippen molar-refractivity contribution in [1.82, 2.24) is 5.32 Å². The molecule has 0 fully saturated rings. The summed E-state index contributed by atoms with van der Waals surface area (Å²) in [7, 11) is 0. The predicted octanol–water partition coefficient (Wildman–Crippen LogP) is 1.85. The highest BCUT2D eigenvalue weighted by molar-refractivity contribution is 5.85. The van der Waals surface area contributed by atoms with Gasteiger partial charge in [0.15, 0.2) is 0 Å². The van der Waals surface area contributed by atoms with Gasteiger partial charge in [-0.2, -0.15) is 5.26 Å². The van der Waals surface area contributed by atoms with Gasteiger partial charge >= 0.3 is 0 Å². The minimum Gasteiger partial charge on any atom is -0.489 e. The predicted molar refractivity (Wildman–Crippen MR) is 84.3 cm³/mol. The van der Waals surface area contributed by atoms with Crippen molar-refractivity contribution in [2.24, 2.45) is 11.7 Å². The minimum atomic E-state index is -0.503. The molecule has 6 heteroatoms. The number of hydrogen-bond donors (Lipinski definition) is 2. The van der Waals surface area contributed by atoms with Crippen LogP contribution in [-0.4, -0.2) is 24.6 Å². The van der Waals surface area contributed by atoms with Gasteiger partial charge in [-0.3, -0.25) is 4.79 Å². The topological polar surface area (TPSA) is 88.1 Å². The molecule has 0 aromatic heterocycles. The third kappa shape index (κ3) is 6.48. The summed E-state index contributed by atoms with van der Waals surface area (Å²) in [4.78, 5) is 11.7. The molecule has 3 N–H and O–H groups in total. The Hall–Kier alpha value is -1.77. The van der Waals surface area contributed by atoms with E-state index in [0.717, 1.165) is 0 Å². The second-order valence-corrected chi connectivity index (χ2v) is 5.08. The number of nitrogens with zero attached hydrogens (tertiary/aromatic N) is 1. The van der Waals surface area contributed by atoms with Crippen LogP contribution in [-0.2, 0) is 4.79 Å². The Labute approximate surface area is 131 Å². The van der Waals surface area contributed by atoms with E-state index in [1.165, 1.54) is 0 Å². The fraction of sp³-hybridized carbons (Fsp3) is 0.467. The van der Waals surface area contributed by atoms with Crippen molar-refractivity contribution in [2.75, 3.05) is 6.54 Å². The molecule has 0 bridgehead atoms. The first-order chi connectivity index (χ1) is 9.43. The number of nitriles is 1. The van der Waals surface area contributed by atoms with Crippen molar-refractivity contribution >= 4 is 18.3 Å². The molecule has 1 aromatic carbocycles. The van der Waals surface area contributed by atoms with E-state index in [1.807, 2.05) is 26.8 Å². The van der Waals surface area contributed by atoms with Crippen molar-refractivity contribution in [3.63, 3.8) is 0 Å². The molecule has 1 aromatic rings. The molecule has 0 aliphatic carbocycles. The Balaban J connectivity index is 0.00000400. The molecule has 0 saturated heterocycles. The second kappa shape index (κ2) is 9.22. The summed E-state index contributed by atoms with van der Waals surface area (Å²) < 4.78 is 5.64. The van der Waals surface area contributed by atoms with E-state index in [9.17, 15) is 4.79 Å². The second-order valence-electron chi connectivity index (χ2n) is 5.08. The molecule has 0 saturated carbocycles. The lowest BCUT2D eigenvalue weighted by Crippen LogP contribution is -2.46. The van der Waals surface area contributed by atoms with Crippen LogP contribution in [0.2, 0.25) is 0 Å². The van der Waals surface area contributed by atoms with Crippen LogP contribution < -0.4 is 15.8 Å². The number of carbonyl (C=O) groups is 1. The number of hydrogen-bond acceptors (Lipinski definition) is 4. The summed E-state index contributed by atoms with van der Waals surface area (Å²) in [6.07, 6.45) is -0.175. The molecular formula is C15H22ClN3O2. The molecule has 2 atom stereocenters. The van der Waals surface area contributed by atoms with E-state index in [1.54, 1.807) is 24.3 Å². The number of halogens is 1. The van der Waals surface area contributed by atoms with Crippen LogP contribution in [0.4, 0.5) is 0 Å². The summed E-state index contributed by atoms with van der Waals surface area (Å²) in [6.45, 7) is 6.06. The smallest absolute Gasteiger partial charge is 0.237 e. The van der Waals surface area contributed by atoms with E-state index in [2.05, 4.69) is 5.32 Å². The summed E-state index contributed by atoms with van der Waals surface area (Å²) in [5.41, 5.74) is 6.33. The Bertz CT molecular complexity index is 483. The lowest BCUT2D eigenvalue weighted by molar-refractivity contribution is -0.123. The lowest BCUT2D eigenvalue weighted by atomic mass is 10.1. The fourth-order valence-electron chi connectivity index (χ4n) is 1.55. The number of carbonyl (C=O) groups excluding carboxylic acids is 1. The molecule has 1 rings (SSSR count). The maximum absolute atomic E-state index is 11.7. The first-order valence-corrected chi connectivity index (χ1v) is 6.64. The zero-order chi connectivity index (χ0) is 15.1. The summed E-state index contributed by atoms with van der Waals surface area (Å²) in [5, 5.41) is 11.5. The highest BCUT2D eigenvalue weighted by Crippen LogP contribution is 2.13. The van der Waals surface area contributed by atoms with Gasteiger partial charge < -0.3 is 15.8 Å². The van der Waals surface area contributed by atoms with E-state index < -0.39 is 6.04 Å². The minimum absolute atomic E-state index is 0. The van der Waals surface area contributed by atoms with Gasteiger partial charge in [0, 0.05) is 0 Å². The van der Waals surface area contributed by atoms with Crippen LogP contribution in [0.15, 0.2) is 24.3 Å². The van der Waals surface area contributed by atoms with Crippen LogP contribution in [0.3, 0.4) is 0 Å². The quantitative estimate of drug-likeness (QED) is 0.839. The Morgan fingerprint density at radius 3 is 2.38 bits per heavy atom. The molecule has 0 spiro atoms. The van der Waals surface area contributed by atoms with Gasteiger partial charge in [0.25, 0.3) is 0 Å². The van der Waals surface area contributed by atoms with E-state index in [0.29, 0.717) is 17.9 Å². The Morgan fingerprint density at radius 2 is 1.90 bits per heavy atom. The van der Waals surface area contributed by atoms with Gasteiger partial charge in [0.1, 0.15) is 11.9 Å².